The van der Waals surface area contributed by atoms with Crippen LogP contribution in [0.25, 0.3) is 0 Å². The van der Waals surface area contributed by atoms with Gasteiger partial charge in [-0.05, 0) is 48.4 Å². The Morgan fingerprint density at radius 1 is 1.40 bits per heavy atom. The predicted octanol–water partition coefficient (Wildman–Crippen LogP) is 2.07. The third-order valence-corrected chi connectivity index (χ3v) is 3.32. The zero-order valence-electron chi connectivity index (χ0n) is 9.55. The monoisotopic (exact) mass is 205 g/mol. The van der Waals surface area contributed by atoms with Crippen molar-refractivity contribution in [3.8, 4) is 5.75 Å². The van der Waals surface area contributed by atoms with Crippen LogP contribution in [0.15, 0.2) is 12.1 Å². The Morgan fingerprint density at radius 2 is 2.20 bits per heavy atom. The summed E-state index contributed by atoms with van der Waals surface area (Å²) in [5, 5.41) is 0. The third kappa shape index (κ3) is 1.86. The number of rotatable bonds is 2. The van der Waals surface area contributed by atoms with Crippen LogP contribution in [0, 0.1) is 0 Å². The van der Waals surface area contributed by atoms with Crippen molar-refractivity contribution >= 4 is 0 Å². The van der Waals surface area contributed by atoms with Crippen molar-refractivity contribution in [3.63, 3.8) is 0 Å². The number of fused-ring (bicyclic) bond motifs is 1. The molecule has 2 heteroatoms. The molecule has 15 heavy (non-hydrogen) atoms. The summed E-state index contributed by atoms with van der Waals surface area (Å²) in [6.45, 7) is 2.20. The van der Waals surface area contributed by atoms with Gasteiger partial charge in [-0.2, -0.15) is 0 Å². The molecule has 0 heterocycles. The molecule has 1 aliphatic carbocycles. The molecule has 0 saturated heterocycles. The van der Waals surface area contributed by atoms with Gasteiger partial charge in [-0.1, -0.05) is 13.0 Å². The normalized spacial score (nSPS) is 19.8. The maximum atomic E-state index is 6.02. The van der Waals surface area contributed by atoms with Crippen LogP contribution < -0.4 is 10.5 Å². The van der Waals surface area contributed by atoms with Crippen molar-refractivity contribution in [2.45, 2.75) is 38.6 Å². The highest BCUT2D eigenvalue weighted by Gasteiger charge is 2.20. The molecule has 2 N–H and O–H groups in total. The first-order valence-corrected chi connectivity index (χ1v) is 5.69. The molecule has 0 saturated carbocycles. The van der Waals surface area contributed by atoms with E-state index in [0.717, 1.165) is 31.4 Å². The van der Waals surface area contributed by atoms with E-state index in [1.54, 1.807) is 7.11 Å². The molecule has 0 aliphatic heterocycles. The van der Waals surface area contributed by atoms with Gasteiger partial charge in [-0.3, -0.25) is 0 Å². The first-order chi connectivity index (χ1) is 7.26. The maximum absolute atomic E-state index is 6.02. The van der Waals surface area contributed by atoms with Gasteiger partial charge in [-0.25, -0.2) is 0 Å². The molecule has 0 fully saturated rings. The minimum absolute atomic E-state index is 0.329. The number of ether oxygens (including phenoxy) is 1. The van der Waals surface area contributed by atoms with Crippen LogP contribution in [0.1, 0.15) is 30.0 Å². The molecular formula is C13H19NO. The summed E-state index contributed by atoms with van der Waals surface area (Å²) in [5.41, 5.74) is 10.3. The molecule has 1 atom stereocenters. The van der Waals surface area contributed by atoms with E-state index >= 15 is 0 Å². The van der Waals surface area contributed by atoms with Gasteiger partial charge in [0, 0.05) is 6.04 Å². The van der Waals surface area contributed by atoms with E-state index in [1.807, 2.05) is 0 Å². The van der Waals surface area contributed by atoms with E-state index in [1.165, 1.54) is 16.7 Å². The first kappa shape index (κ1) is 10.5. The lowest BCUT2D eigenvalue weighted by Crippen LogP contribution is -2.28. The standard InChI is InChI=1S/C13H19NO/c1-3-9-4-7-13(15-2)11-6-5-10(14)8-12(9)11/h4,7,10H,3,5-6,8,14H2,1-2H3. The smallest absolute Gasteiger partial charge is 0.122 e. The second-order valence-corrected chi connectivity index (χ2v) is 4.24. The summed E-state index contributed by atoms with van der Waals surface area (Å²) in [4.78, 5) is 0. The van der Waals surface area contributed by atoms with Crippen LogP contribution in [0.4, 0.5) is 0 Å². The van der Waals surface area contributed by atoms with Gasteiger partial charge >= 0.3 is 0 Å². The Bertz CT molecular complexity index is 360. The van der Waals surface area contributed by atoms with Crippen LogP contribution >= 0.6 is 0 Å². The van der Waals surface area contributed by atoms with E-state index in [-0.39, 0.29) is 0 Å². The lowest BCUT2D eigenvalue weighted by atomic mass is 9.84. The molecule has 1 aromatic carbocycles. The highest BCUT2D eigenvalue weighted by Crippen LogP contribution is 2.31. The van der Waals surface area contributed by atoms with Crippen LogP contribution in [0.3, 0.4) is 0 Å². The highest BCUT2D eigenvalue weighted by atomic mass is 16.5. The average Bonchev–Trinajstić information content (AvgIpc) is 2.27. The summed E-state index contributed by atoms with van der Waals surface area (Å²) in [5.74, 6) is 1.04. The van der Waals surface area contributed by atoms with E-state index in [2.05, 4.69) is 19.1 Å². The molecule has 1 aliphatic rings. The number of aryl methyl sites for hydroxylation is 1. The van der Waals surface area contributed by atoms with E-state index in [0.29, 0.717) is 6.04 Å². The van der Waals surface area contributed by atoms with Crippen LogP contribution in [-0.2, 0) is 19.3 Å². The van der Waals surface area contributed by atoms with Crippen molar-refractivity contribution in [1.82, 2.24) is 0 Å². The second-order valence-electron chi connectivity index (χ2n) is 4.24. The minimum Gasteiger partial charge on any atom is -0.496 e. The molecule has 0 amide bonds. The number of hydrogen-bond acceptors (Lipinski definition) is 2. The summed E-state index contributed by atoms with van der Waals surface area (Å²) >= 11 is 0. The predicted molar refractivity (Wildman–Crippen MR) is 62.4 cm³/mol. The molecular weight excluding hydrogens is 186 g/mol. The molecule has 0 spiro atoms. The van der Waals surface area contributed by atoms with Gasteiger partial charge in [0.05, 0.1) is 7.11 Å². The van der Waals surface area contributed by atoms with Crippen LogP contribution in [0.5, 0.6) is 5.75 Å². The average molecular weight is 205 g/mol. The number of hydrogen-bond donors (Lipinski definition) is 1. The fourth-order valence-corrected chi connectivity index (χ4v) is 2.46. The summed E-state index contributed by atoms with van der Waals surface area (Å²) < 4.78 is 5.41. The van der Waals surface area contributed by atoms with E-state index < -0.39 is 0 Å². The molecule has 0 radical (unpaired) electrons. The van der Waals surface area contributed by atoms with Gasteiger partial charge < -0.3 is 10.5 Å². The molecule has 2 rings (SSSR count). The Morgan fingerprint density at radius 3 is 2.87 bits per heavy atom. The molecule has 0 bridgehead atoms. The molecule has 82 valence electrons. The molecule has 1 aromatic rings. The molecule has 0 aromatic heterocycles. The summed E-state index contributed by atoms with van der Waals surface area (Å²) in [7, 11) is 1.75. The van der Waals surface area contributed by atoms with Crippen molar-refractivity contribution in [2.24, 2.45) is 5.73 Å². The fraction of sp³-hybridized carbons (Fsp3) is 0.538. The Labute approximate surface area is 91.4 Å². The van der Waals surface area contributed by atoms with Gasteiger partial charge in [0.15, 0.2) is 0 Å². The molecule has 2 nitrogen and oxygen atoms in total. The largest absolute Gasteiger partial charge is 0.496 e. The fourth-order valence-electron chi connectivity index (χ4n) is 2.46. The van der Waals surface area contributed by atoms with Gasteiger partial charge in [-0.15, -0.1) is 0 Å². The quantitative estimate of drug-likeness (QED) is 0.802. The van der Waals surface area contributed by atoms with E-state index in [4.69, 9.17) is 10.5 Å². The van der Waals surface area contributed by atoms with E-state index in [9.17, 15) is 0 Å². The Kier molecular flexibility index (Phi) is 2.96. The first-order valence-electron chi connectivity index (χ1n) is 5.69. The zero-order chi connectivity index (χ0) is 10.8. The number of methoxy groups -OCH3 is 1. The van der Waals surface area contributed by atoms with Gasteiger partial charge in [0.25, 0.3) is 0 Å². The van der Waals surface area contributed by atoms with Crippen molar-refractivity contribution in [3.05, 3.63) is 28.8 Å². The summed E-state index contributed by atoms with van der Waals surface area (Å²) in [6.07, 6.45) is 4.23. The zero-order valence-corrected chi connectivity index (χ0v) is 9.55. The lowest BCUT2D eigenvalue weighted by Gasteiger charge is -2.25. The lowest BCUT2D eigenvalue weighted by molar-refractivity contribution is 0.403. The Balaban J connectivity index is 2.48. The number of nitrogens with two attached hydrogens (primary N) is 1. The van der Waals surface area contributed by atoms with Crippen molar-refractivity contribution in [2.75, 3.05) is 7.11 Å². The molecule has 1 unspecified atom stereocenters. The number of benzene rings is 1. The van der Waals surface area contributed by atoms with Crippen molar-refractivity contribution < 1.29 is 4.74 Å². The van der Waals surface area contributed by atoms with Crippen molar-refractivity contribution in [1.29, 1.82) is 0 Å². The highest BCUT2D eigenvalue weighted by molar-refractivity contribution is 5.47. The van der Waals surface area contributed by atoms with Gasteiger partial charge in [0.2, 0.25) is 0 Å². The third-order valence-electron chi connectivity index (χ3n) is 3.32. The summed E-state index contributed by atoms with van der Waals surface area (Å²) in [6, 6.07) is 4.60. The SMILES string of the molecule is CCc1ccc(OC)c2c1CC(N)CC2. The second kappa shape index (κ2) is 4.23. The van der Waals surface area contributed by atoms with Crippen LogP contribution in [-0.4, -0.2) is 13.2 Å². The maximum Gasteiger partial charge on any atom is 0.122 e. The Hall–Kier alpha value is -1.02. The van der Waals surface area contributed by atoms with Crippen LogP contribution in [0.2, 0.25) is 0 Å². The van der Waals surface area contributed by atoms with Gasteiger partial charge in [0.1, 0.15) is 5.75 Å². The topological polar surface area (TPSA) is 35.2 Å². The minimum atomic E-state index is 0.329.